The van der Waals surface area contributed by atoms with Crippen molar-refractivity contribution in [2.45, 2.75) is 56.2 Å². The molecule has 1 aliphatic heterocycles. The second-order valence-electron chi connectivity index (χ2n) is 7.98. The smallest absolute Gasteiger partial charge is 0.348 e. The van der Waals surface area contributed by atoms with Gasteiger partial charge < -0.3 is 14.8 Å². The van der Waals surface area contributed by atoms with Gasteiger partial charge in [-0.1, -0.05) is 11.8 Å². The molecule has 0 spiro atoms. The van der Waals surface area contributed by atoms with Crippen molar-refractivity contribution in [1.82, 2.24) is 9.55 Å². The second kappa shape index (κ2) is 10.3. The number of aromatic nitrogens is 2. The third-order valence-corrected chi connectivity index (χ3v) is 6.81. The maximum absolute atomic E-state index is 12.8. The van der Waals surface area contributed by atoms with E-state index in [0.717, 1.165) is 56.4 Å². The van der Waals surface area contributed by atoms with Crippen molar-refractivity contribution in [2.24, 2.45) is 0 Å². The molecule has 2 aliphatic rings. The fourth-order valence-electron chi connectivity index (χ4n) is 4.19. The number of fused-ring (bicyclic) bond motifs is 1. The van der Waals surface area contributed by atoms with Crippen molar-refractivity contribution < 1.29 is 19.1 Å². The SMILES string of the molecule is COC(=O)c1ccc(NC(=O)CSc2nc(=O)n(CC3CCCO3)c3c2CCCC3)cc1. The predicted molar refractivity (Wildman–Crippen MR) is 121 cm³/mol. The van der Waals surface area contributed by atoms with Crippen LogP contribution in [0.15, 0.2) is 34.1 Å². The summed E-state index contributed by atoms with van der Waals surface area (Å²) >= 11 is 1.30. The molecule has 1 amide bonds. The van der Waals surface area contributed by atoms with E-state index in [0.29, 0.717) is 22.8 Å². The quantitative estimate of drug-likeness (QED) is 0.388. The number of methoxy groups -OCH3 is 1. The molecule has 4 rings (SSSR count). The number of carbonyl (C=O) groups excluding carboxylic acids is 2. The van der Waals surface area contributed by atoms with Crippen LogP contribution in [0.3, 0.4) is 0 Å². The monoisotopic (exact) mass is 457 g/mol. The zero-order chi connectivity index (χ0) is 22.5. The molecule has 1 N–H and O–H groups in total. The first-order chi connectivity index (χ1) is 15.5. The Hall–Kier alpha value is -2.65. The molecular weight excluding hydrogens is 430 g/mol. The summed E-state index contributed by atoms with van der Waals surface area (Å²) in [4.78, 5) is 41.1. The Balaban J connectivity index is 1.43. The lowest BCUT2D eigenvalue weighted by Gasteiger charge is -2.24. The van der Waals surface area contributed by atoms with E-state index in [1.54, 1.807) is 28.8 Å². The number of benzene rings is 1. The Morgan fingerprint density at radius 2 is 2.00 bits per heavy atom. The molecule has 1 aromatic heterocycles. The third-order valence-electron chi connectivity index (χ3n) is 5.79. The van der Waals surface area contributed by atoms with Crippen LogP contribution in [0, 0.1) is 0 Å². The van der Waals surface area contributed by atoms with E-state index >= 15 is 0 Å². The summed E-state index contributed by atoms with van der Waals surface area (Å²) in [6.07, 6.45) is 5.91. The summed E-state index contributed by atoms with van der Waals surface area (Å²) in [5.74, 6) is -0.480. The lowest BCUT2D eigenvalue weighted by molar-refractivity contribution is -0.113. The number of ether oxygens (including phenoxy) is 2. The summed E-state index contributed by atoms with van der Waals surface area (Å²) in [6.45, 7) is 1.31. The van der Waals surface area contributed by atoms with Gasteiger partial charge in [-0.2, -0.15) is 4.98 Å². The van der Waals surface area contributed by atoms with Gasteiger partial charge in [-0.3, -0.25) is 9.36 Å². The molecule has 0 bridgehead atoms. The molecule has 170 valence electrons. The standard InChI is InChI=1S/C23H27N3O5S/c1-30-22(28)15-8-10-16(11-9-15)24-20(27)14-32-21-18-6-2-3-7-19(18)26(23(29)25-21)13-17-5-4-12-31-17/h8-11,17H,2-7,12-14H2,1H3,(H,24,27). The van der Waals surface area contributed by atoms with Crippen LogP contribution in [0.4, 0.5) is 5.69 Å². The molecule has 1 fully saturated rings. The minimum atomic E-state index is -0.427. The highest BCUT2D eigenvalue weighted by molar-refractivity contribution is 8.00. The van der Waals surface area contributed by atoms with E-state index in [9.17, 15) is 14.4 Å². The van der Waals surface area contributed by atoms with E-state index in [-0.39, 0.29) is 23.5 Å². The Labute approximate surface area is 190 Å². The molecule has 9 heteroatoms. The van der Waals surface area contributed by atoms with Crippen LogP contribution in [0.5, 0.6) is 0 Å². The van der Waals surface area contributed by atoms with Crippen molar-refractivity contribution >= 4 is 29.3 Å². The fraction of sp³-hybridized carbons (Fsp3) is 0.478. The van der Waals surface area contributed by atoms with Gasteiger partial charge in [0, 0.05) is 23.6 Å². The van der Waals surface area contributed by atoms with Gasteiger partial charge in [-0.15, -0.1) is 0 Å². The molecule has 2 aromatic rings. The van der Waals surface area contributed by atoms with Crippen LogP contribution in [0.1, 0.15) is 47.3 Å². The minimum Gasteiger partial charge on any atom is -0.465 e. The Kier molecular flexibility index (Phi) is 7.26. The first-order valence-electron chi connectivity index (χ1n) is 10.9. The van der Waals surface area contributed by atoms with Crippen LogP contribution in [0.2, 0.25) is 0 Å². The summed E-state index contributed by atoms with van der Waals surface area (Å²) in [5.41, 5.74) is 2.88. The lowest BCUT2D eigenvalue weighted by Crippen LogP contribution is -2.34. The molecule has 1 unspecified atom stereocenters. The molecule has 1 aliphatic carbocycles. The van der Waals surface area contributed by atoms with Gasteiger partial charge in [0.1, 0.15) is 5.03 Å². The maximum atomic E-state index is 12.8. The molecule has 0 radical (unpaired) electrons. The van der Waals surface area contributed by atoms with E-state index in [1.807, 2.05) is 0 Å². The number of nitrogens with one attached hydrogen (secondary N) is 1. The Morgan fingerprint density at radius 1 is 1.22 bits per heavy atom. The summed E-state index contributed by atoms with van der Waals surface area (Å²) < 4.78 is 12.2. The first-order valence-corrected chi connectivity index (χ1v) is 11.9. The van der Waals surface area contributed by atoms with Crippen LogP contribution >= 0.6 is 11.8 Å². The molecule has 32 heavy (non-hydrogen) atoms. The van der Waals surface area contributed by atoms with Crippen molar-refractivity contribution in [1.29, 1.82) is 0 Å². The zero-order valence-corrected chi connectivity index (χ0v) is 18.9. The molecule has 1 atom stereocenters. The Morgan fingerprint density at radius 3 is 2.72 bits per heavy atom. The van der Waals surface area contributed by atoms with Crippen molar-refractivity contribution in [2.75, 3.05) is 24.8 Å². The van der Waals surface area contributed by atoms with Crippen LogP contribution in [-0.4, -0.2) is 47.0 Å². The molecule has 2 heterocycles. The lowest BCUT2D eigenvalue weighted by atomic mass is 9.97. The number of hydrogen-bond donors (Lipinski definition) is 1. The number of carbonyl (C=O) groups is 2. The van der Waals surface area contributed by atoms with Gasteiger partial charge in [0.25, 0.3) is 0 Å². The minimum absolute atomic E-state index is 0.0791. The number of hydrogen-bond acceptors (Lipinski definition) is 7. The normalized spacial score (nSPS) is 17.6. The van der Waals surface area contributed by atoms with Crippen molar-refractivity contribution in [3.8, 4) is 0 Å². The van der Waals surface area contributed by atoms with Crippen LogP contribution in [0.25, 0.3) is 0 Å². The highest BCUT2D eigenvalue weighted by Gasteiger charge is 2.24. The molecule has 0 saturated carbocycles. The first kappa shape index (κ1) is 22.5. The van der Waals surface area contributed by atoms with Crippen molar-refractivity contribution in [3.63, 3.8) is 0 Å². The number of esters is 1. The number of amides is 1. The highest BCUT2D eigenvalue weighted by Crippen LogP contribution is 2.29. The topological polar surface area (TPSA) is 99.5 Å². The highest BCUT2D eigenvalue weighted by atomic mass is 32.2. The molecule has 1 saturated heterocycles. The number of anilines is 1. The number of rotatable bonds is 7. The van der Waals surface area contributed by atoms with E-state index in [4.69, 9.17) is 4.74 Å². The summed E-state index contributed by atoms with van der Waals surface area (Å²) in [7, 11) is 1.32. The summed E-state index contributed by atoms with van der Waals surface area (Å²) in [5, 5.41) is 3.47. The van der Waals surface area contributed by atoms with Gasteiger partial charge in [0.15, 0.2) is 0 Å². The average Bonchev–Trinajstić information content (AvgIpc) is 3.33. The van der Waals surface area contributed by atoms with Gasteiger partial charge >= 0.3 is 11.7 Å². The van der Waals surface area contributed by atoms with Crippen LogP contribution < -0.4 is 11.0 Å². The largest absolute Gasteiger partial charge is 0.465 e. The molecule has 8 nitrogen and oxygen atoms in total. The van der Waals surface area contributed by atoms with Gasteiger partial charge in [-0.05, 0) is 62.8 Å². The third kappa shape index (κ3) is 5.21. The van der Waals surface area contributed by atoms with Crippen LogP contribution in [-0.2, 0) is 33.7 Å². The van der Waals surface area contributed by atoms with Gasteiger partial charge in [0.05, 0.1) is 31.1 Å². The predicted octanol–water partition coefficient (Wildman–Crippen LogP) is 2.82. The van der Waals surface area contributed by atoms with Gasteiger partial charge in [0.2, 0.25) is 5.91 Å². The van der Waals surface area contributed by atoms with E-state index in [2.05, 4.69) is 15.0 Å². The van der Waals surface area contributed by atoms with Crippen molar-refractivity contribution in [3.05, 3.63) is 51.6 Å². The second-order valence-corrected chi connectivity index (χ2v) is 8.95. The number of nitrogens with zero attached hydrogens (tertiary/aromatic N) is 2. The average molecular weight is 458 g/mol. The zero-order valence-electron chi connectivity index (χ0n) is 18.1. The van der Waals surface area contributed by atoms with Gasteiger partial charge in [-0.25, -0.2) is 9.59 Å². The molecule has 1 aromatic carbocycles. The van der Waals surface area contributed by atoms with E-state index in [1.165, 1.54) is 18.9 Å². The molecular formula is C23H27N3O5S. The summed E-state index contributed by atoms with van der Waals surface area (Å²) in [6, 6.07) is 6.50. The maximum Gasteiger partial charge on any atom is 0.348 e. The fourth-order valence-corrected chi connectivity index (χ4v) is 5.06. The van der Waals surface area contributed by atoms with E-state index < -0.39 is 5.97 Å². The number of thioether (sulfide) groups is 1. The Bertz CT molecular complexity index is 1040.